The van der Waals surface area contributed by atoms with Crippen molar-refractivity contribution >= 4 is 5.91 Å². The zero-order valence-electron chi connectivity index (χ0n) is 18.4. The van der Waals surface area contributed by atoms with Crippen LogP contribution in [0.4, 0.5) is 0 Å². The molecule has 6 nitrogen and oxygen atoms in total. The Labute approximate surface area is 192 Å². The third-order valence-corrected chi connectivity index (χ3v) is 5.23. The summed E-state index contributed by atoms with van der Waals surface area (Å²) in [5, 5.41) is 2.86. The summed E-state index contributed by atoms with van der Waals surface area (Å²) in [6.45, 7) is 3.19. The molecule has 166 valence electrons. The standard InChI is InChI=1S/C27H25N3O3/c1-2-33-24-14-12-22(13-15-24)25-18-26(31)30(19-29-25)17-16-28-27(32)23-10-8-21(9-11-23)20-6-4-3-5-7-20/h3-15,18-19H,2,16-17H2,1H3,(H,28,32). The molecular formula is C27H25N3O3. The summed E-state index contributed by atoms with van der Waals surface area (Å²) in [4.78, 5) is 29.3. The van der Waals surface area contributed by atoms with Crippen molar-refractivity contribution in [2.45, 2.75) is 13.5 Å². The molecule has 1 amide bonds. The number of hydrogen-bond acceptors (Lipinski definition) is 4. The lowest BCUT2D eigenvalue weighted by atomic mass is 10.0. The predicted octanol–water partition coefficient (Wildman–Crippen LogP) is 4.41. The van der Waals surface area contributed by atoms with Crippen molar-refractivity contribution < 1.29 is 9.53 Å². The van der Waals surface area contributed by atoms with Gasteiger partial charge in [0.25, 0.3) is 11.5 Å². The van der Waals surface area contributed by atoms with E-state index in [1.807, 2.05) is 73.7 Å². The second-order valence-corrected chi connectivity index (χ2v) is 7.46. The summed E-state index contributed by atoms with van der Waals surface area (Å²) >= 11 is 0. The first-order valence-corrected chi connectivity index (χ1v) is 10.9. The lowest BCUT2D eigenvalue weighted by Gasteiger charge is -2.09. The van der Waals surface area contributed by atoms with Crippen molar-refractivity contribution in [1.82, 2.24) is 14.9 Å². The molecule has 4 rings (SSSR count). The van der Waals surface area contributed by atoms with E-state index in [0.717, 1.165) is 22.4 Å². The van der Waals surface area contributed by atoms with E-state index in [9.17, 15) is 9.59 Å². The molecule has 3 aromatic carbocycles. The molecule has 1 N–H and O–H groups in total. The fourth-order valence-electron chi connectivity index (χ4n) is 3.48. The maximum Gasteiger partial charge on any atom is 0.253 e. The van der Waals surface area contributed by atoms with Gasteiger partial charge in [-0.25, -0.2) is 4.98 Å². The van der Waals surface area contributed by atoms with Crippen LogP contribution >= 0.6 is 0 Å². The van der Waals surface area contributed by atoms with Crippen LogP contribution in [0, 0.1) is 0 Å². The molecule has 0 saturated heterocycles. The van der Waals surface area contributed by atoms with Crippen molar-refractivity contribution in [3.8, 4) is 28.1 Å². The number of rotatable bonds is 8. The molecule has 0 aliphatic carbocycles. The van der Waals surface area contributed by atoms with Crippen LogP contribution in [0.3, 0.4) is 0 Å². The summed E-state index contributed by atoms with van der Waals surface area (Å²) in [7, 11) is 0. The molecule has 33 heavy (non-hydrogen) atoms. The average Bonchev–Trinajstić information content (AvgIpc) is 2.86. The molecular weight excluding hydrogens is 414 g/mol. The first-order chi connectivity index (χ1) is 16.1. The van der Waals surface area contributed by atoms with Gasteiger partial charge >= 0.3 is 0 Å². The van der Waals surface area contributed by atoms with Crippen LogP contribution in [0.15, 0.2) is 96.1 Å². The molecule has 0 atom stereocenters. The van der Waals surface area contributed by atoms with Gasteiger partial charge in [-0.1, -0.05) is 42.5 Å². The SMILES string of the molecule is CCOc1ccc(-c2cc(=O)n(CCNC(=O)c3ccc(-c4ccccc4)cc3)cn2)cc1. The van der Waals surface area contributed by atoms with E-state index < -0.39 is 0 Å². The Bertz CT molecular complexity index is 1260. The van der Waals surface area contributed by atoms with E-state index in [1.54, 1.807) is 12.1 Å². The maximum absolute atomic E-state index is 12.5. The Kier molecular flexibility index (Phi) is 6.95. The van der Waals surface area contributed by atoms with Crippen LogP contribution in [0.1, 0.15) is 17.3 Å². The molecule has 1 aromatic heterocycles. The van der Waals surface area contributed by atoms with Gasteiger partial charge in [-0.05, 0) is 54.4 Å². The molecule has 0 aliphatic rings. The van der Waals surface area contributed by atoms with Gasteiger partial charge in [0.2, 0.25) is 0 Å². The minimum atomic E-state index is -0.179. The number of carbonyl (C=O) groups excluding carboxylic acids is 1. The Balaban J connectivity index is 1.33. The highest BCUT2D eigenvalue weighted by Crippen LogP contribution is 2.20. The Morgan fingerprint density at radius 2 is 1.58 bits per heavy atom. The molecule has 1 heterocycles. The fraction of sp³-hybridized carbons (Fsp3) is 0.148. The Morgan fingerprint density at radius 1 is 0.909 bits per heavy atom. The summed E-state index contributed by atoms with van der Waals surface area (Å²) in [5.41, 5.74) is 4.00. The lowest BCUT2D eigenvalue weighted by Crippen LogP contribution is -2.30. The van der Waals surface area contributed by atoms with Gasteiger partial charge in [0.15, 0.2) is 0 Å². The number of hydrogen-bond donors (Lipinski definition) is 1. The zero-order chi connectivity index (χ0) is 23.0. The predicted molar refractivity (Wildman–Crippen MR) is 129 cm³/mol. The largest absolute Gasteiger partial charge is 0.494 e. The smallest absolute Gasteiger partial charge is 0.253 e. The van der Waals surface area contributed by atoms with Crippen LogP contribution in [0.25, 0.3) is 22.4 Å². The molecule has 0 bridgehead atoms. The minimum absolute atomic E-state index is 0.171. The number of nitrogens with zero attached hydrogens (tertiary/aromatic N) is 2. The second-order valence-electron chi connectivity index (χ2n) is 7.46. The highest BCUT2D eigenvalue weighted by Gasteiger charge is 2.07. The quantitative estimate of drug-likeness (QED) is 0.442. The third-order valence-electron chi connectivity index (χ3n) is 5.23. The van der Waals surface area contributed by atoms with Crippen molar-refractivity contribution in [3.63, 3.8) is 0 Å². The van der Waals surface area contributed by atoms with Crippen LogP contribution in [-0.2, 0) is 6.54 Å². The second kappa shape index (κ2) is 10.4. The van der Waals surface area contributed by atoms with E-state index in [-0.39, 0.29) is 11.5 Å². The van der Waals surface area contributed by atoms with Gasteiger partial charge in [-0.3, -0.25) is 14.2 Å². The van der Waals surface area contributed by atoms with Crippen molar-refractivity contribution in [1.29, 1.82) is 0 Å². The third kappa shape index (κ3) is 5.54. The van der Waals surface area contributed by atoms with Crippen molar-refractivity contribution in [2.75, 3.05) is 13.2 Å². The number of carbonyl (C=O) groups is 1. The van der Waals surface area contributed by atoms with Crippen LogP contribution < -0.4 is 15.6 Å². The number of ether oxygens (including phenoxy) is 1. The number of nitrogens with one attached hydrogen (secondary N) is 1. The van der Waals surface area contributed by atoms with Crippen LogP contribution in [0.2, 0.25) is 0 Å². The maximum atomic E-state index is 12.5. The van der Waals surface area contributed by atoms with Crippen LogP contribution in [0.5, 0.6) is 5.75 Å². The van der Waals surface area contributed by atoms with Crippen LogP contribution in [-0.4, -0.2) is 28.6 Å². The number of benzene rings is 3. The van der Waals surface area contributed by atoms with Gasteiger partial charge in [-0.15, -0.1) is 0 Å². The molecule has 0 unspecified atom stereocenters. The van der Waals surface area contributed by atoms with Crippen molar-refractivity contribution in [2.24, 2.45) is 0 Å². The first-order valence-electron chi connectivity index (χ1n) is 10.9. The normalized spacial score (nSPS) is 10.6. The zero-order valence-corrected chi connectivity index (χ0v) is 18.4. The lowest BCUT2D eigenvalue weighted by molar-refractivity contribution is 0.0952. The van der Waals surface area contributed by atoms with Gasteiger partial charge in [0.05, 0.1) is 18.6 Å². The first kappa shape index (κ1) is 22.0. The highest BCUT2D eigenvalue weighted by atomic mass is 16.5. The molecule has 6 heteroatoms. The summed E-state index contributed by atoms with van der Waals surface area (Å²) in [6, 6.07) is 26.4. The molecule has 0 aliphatic heterocycles. The number of aromatic nitrogens is 2. The molecule has 0 fully saturated rings. The van der Waals surface area contributed by atoms with Gasteiger partial charge in [0.1, 0.15) is 5.75 Å². The van der Waals surface area contributed by atoms with Gasteiger partial charge in [0, 0.05) is 30.3 Å². The molecule has 0 radical (unpaired) electrons. The highest BCUT2D eigenvalue weighted by molar-refractivity contribution is 5.94. The minimum Gasteiger partial charge on any atom is -0.494 e. The number of amides is 1. The van der Waals surface area contributed by atoms with Crippen molar-refractivity contribution in [3.05, 3.63) is 107 Å². The molecule has 0 spiro atoms. The summed E-state index contributed by atoms with van der Waals surface area (Å²) in [5.74, 6) is 0.599. The van der Waals surface area contributed by atoms with E-state index in [2.05, 4.69) is 10.3 Å². The van der Waals surface area contributed by atoms with E-state index in [1.165, 1.54) is 17.0 Å². The van der Waals surface area contributed by atoms with E-state index >= 15 is 0 Å². The Morgan fingerprint density at radius 3 is 2.24 bits per heavy atom. The monoisotopic (exact) mass is 439 g/mol. The molecule has 0 saturated carbocycles. The van der Waals surface area contributed by atoms with Gasteiger partial charge in [-0.2, -0.15) is 0 Å². The topological polar surface area (TPSA) is 73.2 Å². The molecule has 4 aromatic rings. The van der Waals surface area contributed by atoms with Gasteiger partial charge < -0.3 is 10.1 Å². The summed E-state index contributed by atoms with van der Waals surface area (Å²) < 4.78 is 6.92. The van der Waals surface area contributed by atoms with E-state index in [4.69, 9.17) is 4.74 Å². The summed E-state index contributed by atoms with van der Waals surface area (Å²) in [6.07, 6.45) is 1.51. The fourth-order valence-corrected chi connectivity index (χ4v) is 3.48. The average molecular weight is 440 g/mol. The van der Waals surface area contributed by atoms with E-state index in [0.29, 0.717) is 31.0 Å². The Hall–Kier alpha value is -4.19.